The lowest BCUT2D eigenvalue weighted by Gasteiger charge is -2.25. The molecule has 21 heavy (non-hydrogen) atoms. The maximum absolute atomic E-state index is 11.9. The van der Waals surface area contributed by atoms with Crippen LogP contribution in [0, 0.1) is 0 Å². The van der Waals surface area contributed by atoms with Gasteiger partial charge in [-0.05, 0) is 26.3 Å². The van der Waals surface area contributed by atoms with E-state index in [9.17, 15) is 9.59 Å². The van der Waals surface area contributed by atoms with Gasteiger partial charge in [0.25, 0.3) is 0 Å². The summed E-state index contributed by atoms with van der Waals surface area (Å²) in [5.74, 6) is -0.276. The van der Waals surface area contributed by atoms with Crippen molar-refractivity contribution >= 4 is 12.0 Å². The van der Waals surface area contributed by atoms with Crippen molar-refractivity contribution in [2.24, 2.45) is 0 Å². The summed E-state index contributed by atoms with van der Waals surface area (Å²) in [5.41, 5.74) is 0.543. The number of benzene rings is 1. The average molecular weight is 290 g/mol. The molecule has 1 N–H and O–H groups in total. The number of ether oxygens (including phenoxy) is 1. The van der Waals surface area contributed by atoms with Gasteiger partial charge in [0.1, 0.15) is 5.60 Å². The number of hydrogen-bond donors (Lipinski definition) is 1. The van der Waals surface area contributed by atoms with Crippen LogP contribution in [0.1, 0.15) is 32.8 Å². The predicted octanol–water partition coefficient (Wildman–Crippen LogP) is 2.31. The molecule has 1 atom stereocenters. The standard InChI is InChI=1S/C16H22N2O3/c1-16(2,3)21-14(19)9-13-10-17-15(20)18(13)11-12-7-5-4-6-8-12/h4-8,13H,9-11H2,1-3H3,(H,17,20). The summed E-state index contributed by atoms with van der Waals surface area (Å²) in [5, 5.41) is 2.79. The summed E-state index contributed by atoms with van der Waals surface area (Å²) in [4.78, 5) is 25.5. The summed E-state index contributed by atoms with van der Waals surface area (Å²) < 4.78 is 5.33. The van der Waals surface area contributed by atoms with Crippen LogP contribution < -0.4 is 5.32 Å². The van der Waals surface area contributed by atoms with E-state index in [2.05, 4.69) is 5.32 Å². The van der Waals surface area contributed by atoms with Gasteiger partial charge in [-0.1, -0.05) is 30.3 Å². The number of esters is 1. The summed E-state index contributed by atoms with van der Waals surface area (Å²) in [6.07, 6.45) is 0.211. The zero-order valence-electron chi connectivity index (χ0n) is 12.8. The molecule has 0 spiro atoms. The fourth-order valence-corrected chi connectivity index (χ4v) is 2.32. The maximum atomic E-state index is 11.9. The van der Waals surface area contributed by atoms with Crippen molar-refractivity contribution < 1.29 is 14.3 Å². The first-order valence-electron chi connectivity index (χ1n) is 7.15. The minimum absolute atomic E-state index is 0.132. The molecule has 1 heterocycles. The van der Waals surface area contributed by atoms with Gasteiger partial charge in [-0.15, -0.1) is 0 Å². The quantitative estimate of drug-likeness (QED) is 0.866. The molecule has 0 saturated carbocycles. The number of urea groups is 1. The Labute approximate surface area is 125 Å². The minimum Gasteiger partial charge on any atom is -0.460 e. The number of rotatable bonds is 4. The lowest BCUT2D eigenvalue weighted by Crippen LogP contribution is -2.36. The Morgan fingerprint density at radius 3 is 2.62 bits per heavy atom. The highest BCUT2D eigenvalue weighted by Crippen LogP contribution is 2.17. The van der Waals surface area contributed by atoms with Crippen LogP contribution in [0.4, 0.5) is 4.79 Å². The molecule has 0 bridgehead atoms. The first-order valence-corrected chi connectivity index (χ1v) is 7.15. The Morgan fingerprint density at radius 2 is 2.00 bits per heavy atom. The normalized spacial score (nSPS) is 18.5. The van der Waals surface area contributed by atoms with E-state index < -0.39 is 5.60 Å². The molecule has 1 saturated heterocycles. The minimum atomic E-state index is -0.503. The summed E-state index contributed by atoms with van der Waals surface area (Å²) in [6, 6.07) is 9.45. The maximum Gasteiger partial charge on any atom is 0.318 e. The van der Waals surface area contributed by atoms with Crippen LogP contribution in [0.15, 0.2) is 30.3 Å². The van der Waals surface area contributed by atoms with Crippen LogP contribution in [0.5, 0.6) is 0 Å². The Bertz CT molecular complexity index is 508. The second kappa shape index (κ2) is 6.16. The van der Waals surface area contributed by atoms with Gasteiger partial charge in [0.15, 0.2) is 0 Å². The highest BCUT2D eigenvalue weighted by Gasteiger charge is 2.33. The molecule has 5 nitrogen and oxygen atoms in total. The van der Waals surface area contributed by atoms with Crippen LogP contribution in [0.3, 0.4) is 0 Å². The van der Waals surface area contributed by atoms with Gasteiger partial charge in [0.2, 0.25) is 0 Å². The second-order valence-electron chi connectivity index (χ2n) is 6.24. The SMILES string of the molecule is CC(C)(C)OC(=O)CC1CNC(=O)N1Cc1ccccc1. The summed E-state index contributed by atoms with van der Waals surface area (Å²) >= 11 is 0. The lowest BCUT2D eigenvalue weighted by molar-refractivity contribution is -0.155. The zero-order chi connectivity index (χ0) is 15.5. The van der Waals surface area contributed by atoms with E-state index in [4.69, 9.17) is 4.74 Å². The molecule has 2 rings (SSSR count). The van der Waals surface area contributed by atoms with Crippen LogP contribution >= 0.6 is 0 Å². The van der Waals surface area contributed by atoms with E-state index in [0.29, 0.717) is 13.1 Å². The monoisotopic (exact) mass is 290 g/mol. The third-order valence-corrected chi connectivity index (χ3v) is 3.21. The fraction of sp³-hybridized carbons (Fsp3) is 0.500. The van der Waals surface area contributed by atoms with Crippen molar-refractivity contribution in [2.45, 2.75) is 45.4 Å². The Balaban J connectivity index is 1.98. The van der Waals surface area contributed by atoms with E-state index in [1.807, 2.05) is 51.1 Å². The molecular weight excluding hydrogens is 268 g/mol. The Morgan fingerprint density at radius 1 is 1.33 bits per heavy atom. The van der Waals surface area contributed by atoms with Crippen molar-refractivity contribution in [2.75, 3.05) is 6.54 Å². The first-order chi connectivity index (χ1) is 9.85. The molecule has 5 heteroatoms. The number of carbonyl (C=O) groups excluding carboxylic acids is 2. The fourth-order valence-electron chi connectivity index (χ4n) is 2.32. The van der Waals surface area contributed by atoms with Gasteiger partial charge in [-0.25, -0.2) is 4.79 Å². The molecule has 1 aromatic rings. The van der Waals surface area contributed by atoms with Crippen molar-refractivity contribution in [3.8, 4) is 0 Å². The van der Waals surface area contributed by atoms with E-state index >= 15 is 0 Å². The van der Waals surface area contributed by atoms with Crippen LogP contribution in [-0.2, 0) is 16.1 Å². The smallest absolute Gasteiger partial charge is 0.318 e. The van der Waals surface area contributed by atoms with E-state index in [0.717, 1.165) is 5.56 Å². The van der Waals surface area contributed by atoms with Crippen LogP contribution in [0.25, 0.3) is 0 Å². The van der Waals surface area contributed by atoms with Gasteiger partial charge in [0, 0.05) is 13.1 Å². The first kappa shape index (κ1) is 15.4. The average Bonchev–Trinajstić information content (AvgIpc) is 2.70. The largest absolute Gasteiger partial charge is 0.460 e. The highest BCUT2D eigenvalue weighted by atomic mass is 16.6. The van der Waals surface area contributed by atoms with Gasteiger partial charge in [-0.2, -0.15) is 0 Å². The van der Waals surface area contributed by atoms with E-state index in [1.165, 1.54) is 0 Å². The van der Waals surface area contributed by atoms with Crippen LogP contribution in [-0.4, -0.2) is 35.1 Å². The van der Waals surface area contributed by atoms with E-state index in [-0.39, 0.29) is 24.5 Å². The topological polar surface area (TPSA) is 58.6 Å². The van der Waals surface area contributed by atoms with Crippen LogP contribution in [0.2, 0.25) is 0 Å². The molecule has 1 aromatic carbocycles. The highest BCUT2D eigenvalue weighted by molar-refractivity contribution is 5.79. The third kappa shape index (κ3) is 4.48. The molecule has 2 amide bonds. The van der Waals surface area contributed by atoms with Gasteiger partial charge in [0.05, 0.1) is 12.5 Å². The van der Waals surface area contributed by atoms with Gasteiger partial charge in [-0.3, -0.25) is 4.79 Å². The molecule has 0 radical (unpaired) electrons. The summed E-state index contributed by atoms with van der Waals surface area (Å²) in [6.45, 7) is 6.49. The van der Waals surface area contributed by atoms with Crippen molar-refractivity contribution in [3.63, 3.8) is 0 Å². The zero-order valence-corrected chi connectivity index (χ0v) is 12.8. The Kier molecular flexibility index (Phi) is 4.50. The molecule has 0 aliphatic carbocycles. The Hall–Kier alpha value is -2.04. The second-order valence-corrected chi connectivity index (χ2v) is 6.24. The number of amides is 2. The predicted molar refractivity (Wildman–Crippen MR) is 79.6 cm³/mol. The van der Waals surface area contributed by atoms with Crippen molar-refractivity contribution in [1.29, 1.82) is 0 Å². The molecule has 1 fully saturated rings. The number of nitrogens with zero attached hydrogens (tertiary/aromatic N) is 1. The molecule has 1 aliphatic rings. The van der Waals surface area contributed by atoms with E-state index in [1.54, 1.807) is 4.90 Å². The molecular formula is C16H22N2O3. The van der Waals surface area contributed by atoms with Crippen molar-refractivity contribution in [3.05, 3.63) is 35.9 Å². The summed E-state index contributed by atoms with van der Waals surface area (Å²) in [7, 11) is 0. The van der Waals surface area contributed by atoms with Gasteiger partial charge >= 0.3 is 12.0 Å². The van der Waals surface area contributed by atoms with Crippen molar-refractivity contribution in [1.82, 2.24) is 10.2 Å². The number of hydrogen-bond acceptors (Lipinski definition) is 3. The molecule has 0 aromatic heterocycles. The molecule has 114 valence electrons. The number of carbonyl (C=O) groups is 2. The molecule has 1 unspecified atom stereocenters. The number of nitrogens with one attached hydrogen (secondary N) is 1. The lowest BCUT2D eigenvalue weighted by atomic mass is 10.1. The molecule has 1 aliphatic heterocycles. The van der Waals surface area contributed by atoms with Gasteiger partial charge < -0.3 is 15.0 Å². The third-order valence-electron chi connectivity index (χ3n) is 3.21.